The highest BCUT2D eigenvalue weighted by molar-refractivity contribution is 5.15. The van der Waals surface area contributed by atoms with Crippen LogP contribution in [0, 0.1) is 5.82 Å². The first-order chi connectivity index (χ1) is 8.74. The van der Waals surface area contributed by atoms with Crippen molar-refractivity contribution in [1.29, 1.82) is 0 Å². The molecule has 0 amide bonds. The van der Waals surface area contributed by atoms with Gasteiger partial charge < -0.3 is 10.2 Å². The molecule has 1 fully saturated rings. The summed E-state index contributed by atoms with van der Waals surface area (Å²) >= 11 is 0. The predicted molar refractivity (Wildman–Crippen MR) is 73.0 cm³/mol. The van der Waals surface area contributed by atoms with Crippen LogP contribution >= 0.6 is 0 Å². The molecular weight excluding hydrogens is 227 g/mol. The number of nitrogens with zero attached hydrogens (tertiary/aromatic N) is 1. The van der Waals surface area contributed by atoms with E-state index in [4.69, 9.17) is 0 Å². The second-order valence-corrected chi connectivity index (χ2v) is 5.32. The van der Waals surface area contributed by atoms with Crippen LogP contribution in [0.25, 0.3) is 0 Å². The van der Waals surface area contributed by atoms with Crippen LogP contribution in [0.15, 0.2) is 24.3 Å². The summed E-state index contributed by atoms with van der Waals surface area (Å²) in [5, 5.41) is 3.61. The number of halogens is 1. The molecule has 1 N–H and O–H groups in total. The molecule has 1 atom stereocenters. The summed E-state index contributed by atoms with van der Waals surface area (Å²) in [7, 11) is 2.13. The zero-order valence-corrected chi connectivity index (χ0v) is 11.2. The minimum atomic E-state index is -0.160. The number of likely N-dealkylation sites (N-methyl/N-ethyl adjacent to an activating group) is 1. The first kappa shape index (κ1) is 13.5. The molecule has 1 aliphatic heterocycles. The van der Waals surface area contributed by atoms with Crippen molar-refractivity contribution in [3.8, 4) is 0 Å². The van der Waals surface area contributed by atoms with E-state index in [1.807, 2.05) is 12.1 Å². The topological polar surface area (TPSA) is 15.3 Å². The van der Waals surface area contributed by atoms with Crippen LogP contribution in [-0.4, -0.2) is 31.1 Å². The molecular formula is C15H23FN2. The molecule has 1 aromatic rings. The SMILES string of the molecule is CN(Cc1ccc(F)cc1)CC1CCCCCN1. The van der Waals surface area contributed by atoms with Gasteiger partial charge in [-0.1, -0.05) is 25.0 Å². The van der Waals surface area contributed by atoms with Gasteiger partial charge in [-0.15, -0.1) is 0 Å². The predicted octanol–water partition coefficient (Wildman–Crippen LogP) is 2.79. The number of hydrogen-bond donors (Lipinski definition) is 1. The van der Waals surface area contributed by atoms with Gasteiger partial charge in [0.25, 0.3) is 0 Å². The molecule has 2 rings (SSSR count). The van der Waals surface area contributed by atoms with Gasteiger partial charge in [-0.05, 0) is 44.1 Å². The first-order valence-electron chi connectivity index (χ1n) is 6.90. The maximum Gasteiger partial charge on any atom is 0.123 e. The lowest BCUT2D eigenvalue weighted by molar-refractivity contribution is 0.278. The minimum Gasteiger partial charge on any atom is -0.313 e. The van der Waals surface area contributed by atoms with Crippen LogP contribution in [0.1, 0.15) is 31.2 Å². The van der Waals surface area contributed by atoms with Crippen molar-refractivity contribution in [2.75, 3.05) is 20.1 Å². The van der Waals surface area contributed by atoms with Crippen molar-refractivity contribution in [3.63, 3.8) is 0 Å². The molecule has 1 aromatic carbocycles. The van der Waals surface area contributed by atoms with Gasteiger partial charge >= 0.3 is 0 Å². The van der Waals surface area contributed by atoms with Crippen LogP contribution in [0.4, 0.5) is 4.39 Å². The second-order valence-electron chi connectivity index (χ2n) is 5.32. The van der Waals surface area contributed by atoms with Gasteiger partial charge in [-0.2, -0.15) is 0 Å². The molecule has 0 spiro atoms. The van der Waals surface area contributed by atoms with Gasteiger partial charge in [0.05, 0.1) is 0 Å². The van der Waals surface area contributed by atoms with Crippen LogP contribution in [0.2, 0.25) is 0 Å². The summed E-state index contributed by atoms with van der Waals surface area (Å²) in [6, 6.07) is 7.41. The molecule has 0 bridgehead atoms. The van der Waals surface area contributed by atoms with Crippen LogP contribution in [-0.2, 0) is 6.54 Å². The fourth-order valence-electron chi connectivity index (χ4n) is 2.60. The summed E-state index contributed by atoms with van der Waals surface area (Å²) in [6.07, 6.45) is 5.26. The Balaban J connectivity index is 1.80. The highest BCUT2D eigenvalue weighted by Crippen LogP contribution is 2.11. The third-order valence-corrected chi connectivity index (χ3v) is 3.56. The third kappa shape index (κ3) is 4.39. The van der Waals surface area contributed by atoms with E-state index in [-0.39, 0.29) is 5.82 Å². The molecule has 2 nitrogen and oxygen atoms in total. The molecule has 0 saturated carbocycles. The Hall–Kier alpha value is -0.930. The average molecular weight is 250 g/mol. The van der Waals surface area contributed by atoms with Crippen molar-refractivity contribution in [2.24, 2.45) is 0 Å². The van der Waals surface area contributed by atoms with Crippen molar-refractivity contribution in [3.05, 3.63) is 35.6 Å². The molecule has 1 aliphatic rings. The number of hydrogen-bond acceptors (Lipinski definition) is 2. The standard InChI is InChI=1S/C15H23FN2/c1-18(11-13-6-8-14(16)9-7-13)12-15-5-3-2-4-10-17-15/h6-9,15,17H,2-5,10-12H2,1H3. The highest BCUT2D eigenvalue weighted by atomic mass is 19.1. The van der Waals surface area contributed by atoms with E-state index >= 15 is 0 Å². The molecule has 0 aliphatic carbocycles. The maximum absolute atomic E-state index is 12.8. The fourth-order valence-corrected chi connectivity index (χ4v) is 2.60. The maximum atomic E-state index is 12.8. The van der Waals surface area contributed by atoms with Gasteiger partial charge in [0.2, 0.25) is 0 Å². The van der Waals surface area contributed by atoms with Crippen molar-refractivity contribution < 1.29 is 4.39 Å². The zero-order valence-electron chi connectivity index (χ0n) is 11.2. The monoisotopic (exact) mass is 250 g/mol. The minimum absolute atomic E-state index is 0.160. The molecule has 0 radical (unpaired) electrons. The lowest BCUT2D eigenvalue weighted by atomic mass is 10.1. The summed E-state index contributed by atoms with van der Waals surface area (Å²) < 4.78 is 12.8. The lowest BCUT2D eigenvalue weighted by Crippen LogP contribution is -2.38. The molecule has 3 heteroatoms. The van der Waals surface area contributed by atoms with E-state index in [2.05, 4.69) is 17.3 Å². The van der Waals surface area contributed by atoms with Crippen molar-refractivity contribution >= 4 is 0 Å². The number of rotatable bonds is 4. The summed E-state index contributed by atoms with van der Waals surface area (Å²) in [6.45, 7) is 3.10. The lowest BCUT2D eigenvalue weighted by Gasteiger charge is -2.23. The third-order valence-electron chi connectivity index (χ3n) is 3.56. The number of benzene rings is 1. The quantitative estimate of drug-likeness (QED) is 0.884. The van der Waals surface area contributed by atoms with E-state index in [0.29, 0.717) is 6.04 Å². The van der Waals surface area contributed by atoms with Gasteiger partial charge in [-0.3, -0.25) is 0 Å². The van der Waals surface area contributed by atoms with Crippen LogP contribution < -0.4 is 5.32 Å². The smallest absolute Gasteiger partial charge is 0.123 e. The largest absolute Gasteiger partial charge is 0.313 e. The van der Waals surface area contributed by atoms with Gasteiger partial charge in [0, 0.05) is 19.1 Å². The van der Waals surface area contributed by atoms with E-state index in [0.717, 1.165) is 19.6 Å². The van der Waals surface area contributed by atoms with E-state index in [1.54, 1.807) is 0 Å². The van der Waals surface area contributed by atoms with E-state index < -0.39 is 0 Å². The Labute approximate surface area is 109 Å². The highest BCUT2D eigenvalue weighted by Gasteiger charge is 2.13. The Bertz CT molecular complexity index is 342. The fraction of sp³-hybridized carbons (Fsp3) is 0.600. The van der Waals surface area contributed by atoms with Crippen molar-refractivity contribution in [1.82, 2.24) is 10.2 Å². The summed E-state index contributed by atoms with van der Waals surface area (Å²) in [5.41, 5.74) is 1.17. The Kier molecular flexibility index (Phi) is 5.14. The molecule has 1 saturated heterocycles. The summed E-state index contributed by atoms with van der Waals surface area (Å²) in [5.74, 6) is -0.160. The number of nitrogens with one attached hydrogen (secondary N) is 1. The molecule has 1 unspecified atom stereocenters. The van der Waals surface area contributed by atoms with E-state index in [9.17, 15) is 4.39 Å². The second kappa shape index (κ2) is 6.86. The molecule has 100 valence electrons. The molecule has 0 aromatic heterocycles. The Morgan fingerprint density at radius 3 is 2.78 bits per heavy atom. The average Bonchev–Trinajstić information content (AvgIpc) is 2.61. The summed E-state index contributed by atoms with van der Waals surface area (Å²) in [4.78, 5) is 2.32. The van der Waals surface area contributed by atoms with Crippen LogP contribution in [0.3, 0.4) is 0 Å². The van der Waals surface area contributed by atoms with Gasteiger partial charge in [-0.25, -0.2) is 4.39 Å². The van der Waals surface area contributed by atoms with Crippen LogP contribution in [0.5, 0.6) is 0 Å². The first-order valence-corrected chi connectivity index (χ1v) is 6.90. The van der Waals surface area contributed by atoms with Gasteiger partial charge in [0.1, 0.15) is 5.82 Å². The molecule has 1 heterocycles. The van der Waals surface area contributed by atoms with E-state index in [1.165, 1.54) is 43.4 Å². The Morgan fingerprint density at radius 2 is 2.00 bits per heavy atom. The normalized spacial score (nSPS) is 20.9. The molecule has 18 heavy (non-hydrogen) atoms. The van der Waals surface area contributed by atoms with Gasteiger partial charge in [0.15, 0.2) is 0 Å². The van der Waals surface area contributed by atoms with Crippen molar-refractivity contribution in [2.45, 2.75) is 38.3 Å². The Morgan fingerprint density at radius 1 is 1.22 bits per heavy atom. The zero-order chi connectivity index (χ0) is 12.8.